The third-order valence-corrected chi connectivity index (χ3v) is 2.93. The van der Waals surface area contributed by atoms with Crippen LogP contribution in [0.3, 0.4) is 0 Å². The minimum absolute atomic E-state index is 0.0270. The molecule has 5 heteroatoms. The van der Waals surface area contributed by atoms with Crippen LogP contribution in [0.4, 0.5) is 4.79 Å². The Hall–Kier alpha value is -1.07. The Balaban J connectivity index is 2.53. The van der Waals surface area contributed by atoms with Crippen molar-refractivity contribution >= 4 is 6.09 Å². The monoisotopic (exact) mass is 229 g/mol. The van der Waals surface area contributed by atoms with Gasteiger partial charge < -0.3 is 19.8 Å². The summed E-state index contributed by atoms with van der Waals surface area (Å²) in [6.07, 6.45) is 0.555. The Morgan fingerprint density at radius 3 is 2.81 bits per heavy atom. The second-order valence-electron chi connectivity index (χ2n) is 4.12. The molecule has 5 nitrogen and oxygen atoms in total. The van der Waals surface area contributed by atoms with Crippen molar-refractivity contribution in [3.05, 3.63) is 12.7 Å². The van der Waals surface area contributed by atoms with Gasteiger partial charge in [-0.2, -0.15) is 0 Å². The smallest absolute Gasteiger partial charge is 0.410 e. The van der Waals surface area contributed by atoms with Crippen molar-refractivity contribution in [1.82, 2.24) is 4.90 Å². The van der Waals surface area contributed by atoms with Crippen LogP contribution >= 0.6 is 0 Å². The second kappa shape index (κ2) is 5.86. The topological polar surface area (TPSA) is 70.0 Å². The number of carbonyl (C=O) groups is 1. The molecule has 1 rings (SSSR count). The average molecular weight is 229 g/mol. The Morgan fingerprint density at radius 2 is 2.38 bits per heavy atom. The molecular weight excluding hydrogens is 210 g/mol. The molecule has 0 aromatic rings. The molecule has 1 fully saturated rings. The quantitative estimate of drug-likeness (QED) is 0.677. The summed E-state index contributed by atoms with van der Waals surface area (Å²) in [4.78, 5) is 13.0. The fourth-order valence-electron chi connectivity index (χ4n) is 2.01. The Bertz CT molecular complexity index is 254. The lowest BCUT2D eigenvalue weighted by molar-refractivity contribution is 0.0849. The molecule has 1 heterocycles. The van der Waals surface area contributed by atoms with Gasteiger partial charge in [-0.1, -0.05) is 12.7 Å². The third-order valence-electron chi connectivity index (χ3n) is 2.93. The van der Waals surface area contributed by atoms with Gasteiger partial charge in [-0.15, -0.1) is 0 Å². The van der Waals surface area contributed by atoms with E-state index in [0.717, 1.165) is 0 Å². The fraction of sp³-hybridized carbons (Fsp3) is 0.727. The summed E-state index contributed by atoms with van der Waals surface area (Å²) in [5.41, 5.74) is 0. The molecule has 0 aromatic carbocycles. The summed E-state index contributed by atoms with van der Waals surface area (Å²) >= 11 is 0. The predicted octanol–water partition coefficient (Wildman–Crippen LogP) is 0.230. The molecule has 0 bridgehead atoms. The summed E-state index contributed by atoms with van der Waals surface area (Å²) in [6.45, 7) is 6.14. The van der Waals surface area contributed by atoms with Crippen LogP contribution in [0.2, 0.25) is 0 Å². The first kappa shape index (κ1) is 13.0. The summed E-state index contributed by atoms with van der Waals surface area (Å²) in [5, 5.41) is 18.7. The largest absolute Gasteiger partial charge is 0.445 e. The number of likely N-dealkylation sites (tertiary alicyclic amines) is 1. The van der Waals surface area contributed by atoms with Gasteiger partial charge in [0.15, 0.2) is 0 Å². The first-order valence-electron chi connectivity index (χ1n) is 5.41. The van der Waals surface area contributed by atoms with Gasteiger partial charge in [0.05, 0.1) is 6.10 Å². The number of amides is 1. The van der Waals surface area contributed by atoms with Crippen molar-refractivity contribution in [2.75, 3.05) is 26.3 Å². The highest BCUT2D eigenvalue weighted by Gasteiger charge is 2.37. The van der Waals surface area contributed by atoms with Gasteiger partial charge in [-0.3, -0.25) is 0 Å². The normalized spacial score (nSPS) is 26.6. The molecule has 3 unspecified atom stereocenters. The summed E-state index contributed by atoms with van der Waals surface area (Å²) in [5.74, 6) is -0.155. The molecule has 0 aliphatic carbocycles. The van der Waals surface area contributed by atoms with Crippen molar-refractivity contribution in [2.24, 2.45) is 11.8 Å². The van der Waals surface area contributed by atoms with Crippen molar-refractivity contribution in [2.45, 2.75) is 13.0 Å². The van der Waals surface area contributed by atoms with Gasteiger partial charge in [0.25, 0.3) is 0 Å². The Kier molecular flexibility index (Phi) is 4.76. The molecular formula is C11H19NO4. The maximum atomic E-state index is 11.5. The van der Waals surface area contributed by atoms with Crippen molar-refractivity contribution in [1.29, 1.82) is 0 Å². The van der Waals surface area contributed by atoms with Gasteiger partial charge in [-0.25, -0.2) is 4.79 Å². The van der Waals surface area contributed by atoms with Gasteiger partial charge in [0.1, 0.15) is 6.61 Å². The Labute approximate surface area is 95.3 Å². The molecule has 0 radical (unpaired) electrons. The van der Waals surface area contributed by atoms with E-state index in [-0.39, 0.29) is 25.0 Å². The van der Waals surface area contributed by atoms with E-state index in [1.54, 1.807) is 6.92 Å². The highest BCUT2D eigenvalue weighted by molar-refractivity contribution is 5.68. The molecule has 16 heavy (non-hydrogen) atoms. The molecule has 3 atom stereocenters. The highest BCUT2D eigenvalue weighted by Crippen LogP contribution is 2.26. The molecule has 1 amide bonds. The zero-order valence-electron chi connectivity index (χ0n) is 9.50. The van der Waals surface area contributed by atoms with Gasteiger partial charge in [0.2, 0.25) is 0 Å². The molecule has 1 aliphatic heterocycles. The van der Waals surface area contributed by atoms with E-state index in [4.69, 9.17) is 9.84 Å². The molecule has 0 spiro atoms. The molecule has 92 valence electrons. The number of ether oxygens (including phenoxy) is 1. The van der Waals surface area contributed by atoms with Gasteiger partial charge in [-0.05, 0) is 6.92 Å². The van der Waals surface area contributed by atoms with Crippen LogP contribution in [0.5, 0.6) is 0 Å². The van der Waals surface area contributed by atoms with E-state index < -0.39 is 12.2 Å². The number of nitrogens with zero attached hydrogens (tertiary/aromatic N) is 1. The van der Waals surface area contributed by atoms with Crippen LogP contribution in [0.25, 0.3) is 0 Å². The molecule has 1 aliphatic rings. The van der Waals surface area contributed by atoms with Crippen LogP contribution in [0.15, 0.2) is 12.7 Å². The number of rotatable bonds is 4. The number of carbonyl (C=O) groups excluding carboxylic acids is 1. The molecule has 0 aromatic heterocycles. The maximum Gasteiger partial charge on any atom is 0.410 e. The van der Waals surface area contributed by atoms with Gasteiger partial charge in [0, 0.05) is 31.5 Å². The van der Waals surface area contributed by atoms with E-state index in [1.807, 2.05) is 0 Å². The maximum absolute atomic E-state index is 11.5. The van der Waals surface area contributed by atoms with E-state index in [1.165, 1.54) is 11.0 Å². The zero-order valence-corrected chi connectivity index (χ0v) is 9.50. The van der Waals surface area contributed by atoms with Crippen molar-refractivity contribution in [3.8, 4) is 0 Å². The first-order valence-corrected chi connectivity index (χ1v) is 5.41. The second-order valence-corrected chi connectivity index (χ2v) is 4.12. The zero-order chi connectivity index (χ0) is 12.1. The van der Waals surface area contributed by atoms with E-state index in [9.17, 15) is 9.90 Å². The van der Waals surface area contributed by atoms with E-state index in [2.05, 4.69) is 6.58 Å². The van der Waals surface area contributed by atoms with Crippen molar-refractivity contribution < 1.29 is 19.7 Å². The minimum atomic E-state index is -0.533. The van der Waals surface area contributed by atoms with Gasteiger partial charge >= 0.3 is 6.09 Å². The summed E-state index contributed by atoms with van der Waals surface area (Å²) < 4.78 is 4.90. The first-order chi connectivity index (χ1) is 7.60. The number of aliphatic hydroxyl groups excluding tert-OH is 2. The standard InChI is InChI=1S/C11H19NO4/c1-3-4-16-11(15)12-5-9(7-13)10(6-12)8(2)14/h3,8-10,13-14H,1,4-7H2,2H3. The number of hydrogen-bond acceptors (Lipinski definition) is 4. The van der Waals surface area contributed by atoms with Crippen LogP contribution < -0.4 is 0 Å². The molecule has 2 N–H and O–H groups in total. The highest BCUT2D eigenvalue weighted by atomic mass is 16.6. The van der Waals surface area contributed by atoms with Crippen LogP contribution in [0, 0.1) is 11.8 Å². The summed E-state index contributed by atoms with van der Waals surface area (Å²) in [7, 11) is 0. The summed E-state index contributed by atoms with van der Waals surface area (Å²) in [6, 6.07) is 0. The molecule has 0 saturated carbocycles. The minimum Gasteiger partial charge on any atom is -0.445 e. The van der Waals surface area contributed by atoms with Crippen LogP contribution in [-0.2, 0) is 4.74 Å². The SMILES string of the molecule is C=CCOC(=O)N1CC(CO)C(C(C)O)C1. The lowest BCUT2D eigenvalue weighted by atomic mass is 9.92. The van der Waals surface area contributed by atoms with Crippen molar-refractivity contribution in [3.63, 3.8) is 0 Å². The Morgan fingerprint density at radius 1 is 1.69 bits per heavy atom. The number of hydrogen-bond donors (Lipinski definition) is 2. The van der Waals surface area contributed by atoms with Crippen LogP contribution in [-0.4, -0.2) is 53.6 Å². The molecule has 1 saturated heterocycles. The van der Waals surface area contributed by atoms with E-state index >= 15 is 0 Å². The average Bonchev–Trinajstić information content (AvgIpc) is 2.69. The lowest BCUT2D eigenvalue weighted by Crippen LogP contribution is -2.30. The lowest BCUT2D eigenvalue weighted by Gasteiger charge is -2.18. The number of aliphatic hydroxyl groups is 2. The third kappa shape index (κ3) is 2.96. The van der Waals surface area contributed by atoms with Crippen LogP contribution in [0.1, 0.15) is 6.92 Å². The van der Waals surface area contributed by atoms with E-state index in [0.29, 0.717) is 13.1 Å². The fourth-order valence-corrected chi connectivity index (χ4v) is 2.01. The predicted molar refractivity (Wildman–Crippen MR) is 58.9 cm³/mol.